The highest BCUT2D eigenvalue weighted by molar-refractivity contribution is 6.12. The smallest absolute Gasteiger partial charge is 0.268 e. The molecule has 0 aromatic heterocycles. The van der Waals surface area contributed by atoms with E-state index >= 15 is 0 Å². The molecule has 3 aromatic rings. The van der Waals surface area contributed by atoms with Crippen molar-refractivity contribution in [2.75, 3.05) is 31.8 Å². The summed E-state index contributed by atoms with van der Waals surface area (Å²) >= 11 is 0. The first-order chi connectivity index (χ1) is 16.7. The number of carbonyl (C=O) groups is 1. The van der Waals surface area contributed by atoms with Crippen molar-refractivity contribution < 1.29 is 19.0 Å². The van der Waals surface area contributed by atoms with Gasteiger partial charge in [-0.2, -0.15) is 5.26 Å². The minimum Gasteiger partial charge on any atom is -0.493 e. The van der Waals surface area contributed by atoms with Crippen LogP contribution in [0.2, 0.25) is 0 Å². The predicted octanol–water partition coefficient (Wildman–Crippen LogP) is 5.04. The minimum absolute atomic E-state index is 0.0745. The van der Waals surface area contributed by atoms with Crippen LogP contribution in [-0.2, 0) is 11.2 Å². The Kier molecular flexibility index (Phi) is 7.46. The zero-order valence-corrected chi connectivity index (χ0v) is 19.1. The third kappa shape index (κ3) is 5.38. The Labute approximate surface area is 199 Å². The summed E-state index contributed by atoms with van der Waals surface area (Å²) in [6, 6.07) is 24.8. The average Bonchev–Trinajstić information content (AvgIpc) is 3.32. The maximum absolute atomic E-state index is 13.0. The zero-order valence-electron chi connectivity index (χ0n) is 19.1. The van der Waals surface area contributed by atoms with Crippen LogP contribution in [-0.4, -0.2) is 32.8 Å². The highest BCUT2D eigenvalue weighted by Crippen LogP contribution is 2.31. The van der Waals surface area contributed by atoms with E-state index in [2.05, 4.69) is 6.07 Å². The lowest BCUT2D eigenvalue weighted by molar-refractivity contribution is -0.114. The minimum atomic E-state index is -0.301. The van der Waals surface area contributed by atoms with Crippen molar-refractivity contribution in [2.45, 2.75) is 12.8 Å². The second-order valence-corrected chi connectivity index (χ2v) is 7.78. The third-order valence-corrected chi connectivity index (χ3v) is 5.54. The molecule has 1 aliphatic heterocycles. The van der Waals surface area contributed by atoms with E-state index in [4.69, 9.17) is 14.2 Å². The first-order valence-electron chi connectivity index (χ1n) is 11.2. The van der Waals surface area contributed by atoms with Gasteiger partial charge in [0.15, 0.2) is 11.5 Å². The van der Waals surface area contributed by atoms with Gasteiger partial charge in [-0.3, -0.25) is 4.79 Å². The van der Waals surface area contributed by atoms with Crippen molar-refractivity contribution in [3.63, 3.8) is 0 Å². The molecular weight excluding hydrogens is 428 g/mol. The summed E-state index contributed by atoms with van der Waals surface area (Å²) in [5.41, 5.74) is 2.75. The molecule has 1 aliphatic rings. The average molecular weight is 455 g/mol. The Morgan fingerprint density at radius 1 is 1.00 bits per heavy atom. The number of anilines is 1. The summed E-state index contributed by atoms with van der Waals surface area (Å²) in [6.45, 7) is 1.58. The zero-order chi connectivity index (χ0) is 23.8. The second kappa shape index (κ2) is 11.1. The molecule has 0 fully saturated rings. The molecule has 0 saturated heterocycles. The first-order valence-corrected chi connectivity index (χ1v) is 11.2. The largest absolute Gasteiger partial charge is 0.493 e. The van der Waals surface area contributed by atoms with Gasteiger partial charge >= 0.3 is 0 Å². The normalized spacial score (nSPS) is 12.6. The summed E-state index contributed by atoms with van der Waals surface area (Å²) in [5.74, 6) is 1.66. The number of hydrogen-bond donors (Lipinski definition) is 0. The summed E-state index contributed by atoms with van der Waals surface area (Å²) in [4.78, 5) is 14.7. The van der Waals surface area contributed by atoms with E-state index in [1.165, 1.54) is 0 Å². The predicted molar refractivity (Wildman–Crippen MR) is 131 cm³/mol. The number of benzene rings is 3. The summed E-state index contributed by atoms with van der Waals surface area (Å²) < 4.78 is 17.0. The highest BCUT2D eigenvalue weighted by Gasteiger charge is 2.26. The molecule has 0 atom stereocenters. The number of fused-ring (bicyclic) bond motifs is 1. The standard InChI is InChI=1S/C28H26N2O4/c1-32-27-19-21(12-13-26(27)34-17-7-16-33-24-9-3-2-4-10-24)18-23(20-29)28(31)30-15-14-22-8-5-6-11-25(22)30/h2-6,8-13,18-19H,7,14-17H2,1H3. The molecule has 0 N–H and O–H groups in total. The van der Waals surface area contributed by atoms with Crippen LogP contribution in [0.1, 0.15) is 17.5 Å². The van der Waals surface area contributed by atoms with Gasteiger partial charge in [0.2, 0.25) is 0 Å². The van der Waals surface area contributed by atoms with Gasteiger partial charge in [0, 0.05) is 18.7 Å². The van der Waals surface area contributed by atoms with Crippen LogP contribution in [0, 0.1) is 11.3 Å². The number of methoxy groups -OCH3 is 1. The van der Waals surface area contributed by atoms with E-state index in [-0.39, 0.29) is 11.5 Å². The number of para-hydroxylation sites is 2. The fourth-order valence-electron chi connectivity index (χ4n) is 3.84. The van der Waals surface area contributed by atoms with E-state index < -0.39 is 0 Å². The Bertz CT molecular complexity index is 1210. The molecule has 0 unspecified atom stereocenters. The number of rotatable bonds is 9. The summed E-state index contributed by atoms with van der Waals surface area (Å²) in [5, 5.41) is 9.66. The van der Waals surface area contributed by atoms with E-state index in [0.717, 1.165) is 23.4 Å². The van der Waals surface area contributed by atoms with Crippen molar-refractivity contribution in [3.8, 4) is 23.3 Å². The van der Waals surface area contributed by atoms with E-state index in [1.807, 2.05) is 54.6 Å². The monoisotopic (exact) mass is 454 g/mol. The van der Waals surface area contributed by atoms with Crippen LogP contribution in [0.4, 0.5) is 5.69 Å². The topological polar surface area (TPSA) is 71.8 Å². The maximum Gasteiger partial charge on any atom is 0.268 e. The Balaban J connectivity index is 1.39. The Morgan fingerprint density at radius 2 is 1.76 bits per heavy atom. The van der Waals surface area contributed by atoms with E-state index in [9.17, 15) is 10.1 Å². The molecule has 1 heterocycles. The molecular formula is C28H26N2O4. The Hall–Kier alpha value is -4.24. The van der Waals surface area contributed by atoms with Gasteiger partial charge in [0.25, 0.3) is 5.91 Å². The Morgan fingerprint density at radius 3 is 2.56 bits per heavy atom. The van der Waals surface area contributed by atoms with E-state index in [1.54, 1.807) is 36.3 Å². The number of hydrogen-bond acceptors (Lipinski definition) is 5. The van der Waals surface area contributed by atoms with Crippen molar-refractivity contribution in [1.82, 2.24) is 0 Å². The molecule has 0 radical (unpaired) electrons. The van der Waals surface area contributed by atoms with Crippen LogP contribution in [0.25, 0.3) is 6.08 Å². The summed E-state index contributed by atoms with van der Waals surface area (Å²) in [6.07, 6.45) is 3.09. The first kappa shape index (κ1) is 22.9. The molecule has 4 rings (SSSR count). The van der Waals surface area contributed by atoms with Crippen molar-refractivity contribution >= 4 is 17.7 Å². The fourth-order valence-corrected chi connectivity index (χ4v) is 3.84. The number of carbonyl (C=O) groups excluding carboxylic acids is 1. The van der Waals surface area contributed by atoms with Gasteiger partial charge < -0.3 is 19.1 Å². The van der Waals surface area contributed by atoms with Crippen LogP contribution < -0.4 is 19.1 Å². The number of amides is 1. The number of nitriles is 1. The van der Waals surface area contributed by atoms with Crippen LogP contribution in [0.3, 0.4) is 0 Å². The molecule has 0 aliphatic carbocycles. The van der Waals surface area contributed by atoms with E-state index in [0.29, 0.717) is 43.2 Å². The molecule has 172 valence electrons. The van der Waals surface area contributed by atoms with Crippen molar-refractivity contribution in [1.29, 1.82) is 5.26 Å². The summed E-state index contributed by atoms with van der Waals surface area (Å²) in [7, 11) is 1.56. The molecule has 0 spiro atoms. The second-order valence-electron chi connectivity index (χ2n) is 7.78. The van der Waals surface area contributed by atoms with Gasteiger partial charge in [-0.1, -0.05) is 42.5 Å². The lowest BCUT2D eigenvalue weighted by Gasteiger charge is -2.16. The molecule has 6 heteroatoms. The number of nitrogens with zero attached hydrogens (tertiary/aromatic N) is 2. The van der Waals surface area contributed by atoms with Crippen LogP contribution in [0.5, 0.6) is 17.2 Å². The van der Waals surface area contributed by atoms with Gasteiger partial charge in [-0.15, -0.1) is 0 Å². The third-order valence-electron chi connectivity index (χ3n) is 5.54. The fraction of sp³-hybridized carbons (Fsp3) is 0.214. The van der Waals surface area contributed by atoms with Gasteiger partial charge in [0.1, 0.15) is 17.4 Å². The van der Waals surface area contributed by atoms with Gasteiger partial charge in [0.05, 0.1) is 20.3 Å². The number of ether oxygens (including phenoxy) is 3. The maximum atomic E-state index is 13.0. The molecule has 6 nitrogen and oxygen atoms in total. The van der Waals surface area contributed by atoms with Crippen molar-refractivity contribution in [2.24, 2.45) is 0 Å². The molecule has 3 aromatic carbocycles. The highest BCUT2D eigenvalue weighted by atomic mass is 16.5. The molecule has 0 bridgehead atoms. The SMILES string of the molecule is COc1cc(C=C(C#N)C(=O)N2CCc3ccccc32)ccc1OCCCOc1ccccc1. The molecule has 0 saturated carbocycles. The molecule has 34 heavy (non-hydrogen) atoms. The van der Waals surface area contributed by atoms with Crippen molar-refractivity contribution in [3.05, 3.63) is 89.5 Å². The lowest BCUT2D eigenvalue weighted by atomic mass is 10.1. The van der Waals surface area contributed by atoms with Crippen LogP contribution in [0.15, 0.2) is 78.4 Å². The molecule has 1 amide bonds. The van der Waals surface area contributed by atoms with Gasteiger partial charge in [-0.05, 0) is 54.0 Å². The van der Waals surface area contributed by atoms with Crippen LogP contribution >= 0.6 is 0 Å². The quantitative estimate of drug-likeness (QED) is 0.257. The van der Waals surface area contributed by atoms with Gasteiger partial charge in [-0.25, -0.2) is 0 Å². The lowest BCUT2D eigenvalue weighted by Crippen LogP contribution is -2.29.